The summed E-state index contributed by atoms with van der Waals surface area (Å²) in [6, 6.07) is 18.1. The van der Waals surface area contributed by atoms with Gasteiger partial charge in [-0.3, -0.25) is 14.5 Å². The van der Waals surface area contributed by atoms with Crippen LogP contribution >= 0.6 is 23.1 Å². The van der Waals surface area contributed by atoms with Crippen LogP contribution in [0.15, 0.2) is 70.6 Å². The third kappa shape index (κ3) is 5.77. The molecule has 0 radical (unpaired) electrons. The molecule has 1 fully saturated rings. The number of carbonyl (C=O) groups excluding carboxylic acids is 2. The van der Waals surface area contributed by atoms with Crippen LogP contribution in [0.3, 0.4) is 0 Å². The number of ether oxygens (including phenoxy) is 2. The number of carbonyl (C=O) groups is 2. The average molecular weight is 602 g/mol. The number of aryl methyl sites for hydroxylation is 3. The van der Waals surface area contributed by atoms with Gasteiger partial charge in [0.25, 0.3) is 5.78 Å². The monoisotopic (exact) mass is 601 g/mol. The van der Waals surface area contributed by atoms with Gasteiger partial charge < -0.3 is 14.6 Å². The van der Waals surface area contributed by atoms with Crippen LogP contribution in [-0.2, 0) is 15.3 Å². The Morgan fingerprint density at radius 3 is 2.43 bits per heavy atom. The lowest BCUT2D eigenvalue weighted by Gasteiger charge is -2.23. The summed E-state index contributed by atoms with van der Waals surface area (Å²) in [5.74, 6) is -0.172. The molecule has 42 heavy (non-hydrogen) atoms. The number of methoxy groups -OCH3 is 1. The Bertz CT molecular complexity index is 1680. The molecular formula is C32H31N3O5S2. The molecule has 0 saturated carbocycles. The molecule has 8 nitrogen and oxygen atoms in total. The summed E-state index contributed by atoms with van der Waals surface area (Å²) in [5, 5.41) is 20.5. The second kappa shape index (κ2) is 12.4. The van der Waals surface area contributed by atoms with Crippen molar-refractivity contribution in [3.63, 3.8) is 0 Å². The second-order valence-corrected chi connectivity index (χ2v) is 12.1. The molecule has 3 aromatic carbocycles. The number of hydrogen-bond donors (Lipinski definition) is 1. The first-order valence-corrected chi connectivity index (χ1v) is 15.2. The smallest absolute Gasteiger partial charge is 0.301 e. The highest BCUT2D eigenvalue weighted by molar-refractivity contribution is 8.00. The van der Waals surface area contributed by atoms with Crippen molar-refractivity contribution in [2.75, 3.05) is 18.6 Å². The summed E-state index contributed by atoms with van der Waals surface area (Å²) < 4.78 is 11.9. The molecule has 2 heterocycles. The maximum absolute atomic E-state index is 13.6. The number of aromatic nitrogens is 2. The predicted octanol–water partition coefficient (Wildman–Crippen LogP) is 6.79. The van der Waals surface area contributed by atoms with Gasteiger partial charge in [0.05, 0.1) is 25.3 Å². The quantitative estimate of drug-likeness (QED) is 0.0736. The number of benzene rings is 3. The lowest BCUT2D eigenvalue weighted by Crippen LogP contribution is -2.29. The molecular weight excluding hydrogens is 571 g/mol. The van der Waals surface area contributed by atoms with Crippen molar-refractivity contribution < 1.29 is 24.2 Å². The van der Waals surface area contributed by atoms with E-state index < -0.39 is 17.7 Å². The second-order valence-electron chi connectivity index (χ2n) is 9.96. The minimum Gasteiger partial charge on any atom is -0.507 e. The van der Waals surface area contributed by atoms with E-state index in [0.717, 1.165) is 16.7 Å². The summed E-state index contributed by atoms with van der Waals surface area (Å²) in [6.07, 6.45) is 0. The molecule has 10 heteroatoms. The van der Waals surface area contributed by atoms with Crippen molar-refractivity contribution in [1.29, 1.82) is 0 Å². The van der Waals surface area contributed by atoms with E-state index in [1.54, 1.807) is 24.3 Å². The maximum Gasteiger partial charge on any atom is 0.301 e. The molecule has 1 saturated heterocycles. The molecule has 0 spiro atoms. The molecule has 1 atom stereocenters. The van der Waals surface area contributed by atoms with E-state index in [9.17, 15) is 14.7 Å². The zero-order valence-corrected chi connectivity index (χ0v) is 25.6. The fraction of sp³-hybridized carbons (Fsp3) is 0.250. The highest BCUT2D eigenvalue weighted by Gasteiger charge is 2.48. The van der Waals surface area contributed by atoms with Gasteiger partial charge in [-0.1, -0.05) is 76.7 Å². The average Bonchev–Trinajstić information content (AvgIpc) is 3.56. The van der Waals surface area contributed by atoms with E-state index in [0.29, 0.717) is 39.3 Å². The molecule has 1 N–H and O–H groups in total. The SMILES string of the molecule is CCOc1ccc(C2C(=C(O)c3cc(C)ccc3C)C(=O)C(=O)N2c2nnc(SCc3ccc(C)cc3)s2)cc1OC. The number of hydrogen-bond acceptors (Lipinski definition) is 9. The Labute approximate surface area is 253 Å². The fourth-order valence-corrected chi connectivity index (χ4v) is 6.62. The molecule has 216 valence electrons. The van der Waals surface area contributed by atoms with E-state index in [1.807, 2.05) is 39.8 Å². The first-order chi connectivity index (χ1) is 20.2. The molecule has 0 bridgehead atoms. The van der Waals surface area contributed by atoms with Crippen molar-refractivity contribution in [1.82, 2.24) is 10.2 Å². The number of ketones is 1. The van der Waals surface area contributed by atoms with Crippen LogP contribution in [0.2, 0.25) is 0 Å². The number of anilines is 1. The van der Waals surface area contributed by atoms with Gasteiger partial charge in [0, 0.05) is 11.3 Å². The number of Topliss-reactive ketones (excluding diaryl/α,β-unsaturated/α-hetero) is 1. The van der Waals surface area contributed by atoms with Crippen LogP contribution in [0.25, 0.3) is 5.76 Å². The number of amides is 1. The van der Waals surface area contributed by atoms with Crippen LogP contribution in [-0.4, -0.2) is 40.7 Å². The molecule has 0 aliphatic carbocycles. The van der Waals surface area contributed by atoms with Crippen molar-refractivity contribution in [3.05, 3.63) is 99.6 Å². The standard InChI is InChI=1S/C32H31N3O5S2/c1-6-40-24-14-13-22(16-25(24)39-5)27-26(28(36)23-15-19(3)7-10-20(23)4)29(37)30(38)35(27)31-33-34-32(42-31)41-17-21-11-8-18(2)9-12-21/h7-16,27,36H,6,17H2,1-5H3. The molecule has 1 aromatic heterocycles. The van der Waals surface area contributed by atoms with E-state index >= 15 is 0 Å². The van der Waals surface area contributed by atoms with Crippen LogP contribution < -0.4 is 14.4 Å². The third-order valence-corrected chi connectivity index (χ3v) is 9.11. The van der Waals surface area contributed by atoms with Gasteiger partial charge in [0.1, 0.15) is 5.76 Å². The summed E-state index contributed by atoms with van der Waals surface area (Å²) >= 11 is 2.73. The van der Waals surface area contributed by atoms with Gasteiger partial charge in [-0.15, -0.1) is 10.2 Å². The number of rotatable bonds is 9. The Morgan fingerprint density at radius 2 is 1.71 bits per heavy atom. The highest BCUT2D eigenvalue weighted by Crippen LogP contribution is 2.46. The van der Waals surface area contributed by atoms with E-state index in [1.165, 1.54) is 40.7 Å². The van der Waals surface area contributed by atoms with Crippen molar-refractivity contribution in [3.8, 4) is 11.5 Å². The van der Waals surface area contributed by atoms with Crippen molar-refractivity contribution in [2.45, 2.75) is 43.8 Å². The number of thioether (sulfide) groups is 1. The Kier molecular flexibility index (Phi) is 8.65. The zero-order chi connectivity index (χ0) is 30.0. The molecule has 5 rings (SSSR count). The van der Waals surface area contributed by atoms with Gasteiger partial charge in [-0.2, -0.15) is 0 Å². The topological polar surface area (TPSA) is 102 Å². The van der Waals surface area contributed by atoms with Gasteiger partial charge >= 0.3 is 5.91 Å². The predicted molar refractivity (Wildman–Crippen MR) is 166 cm³/mol. The van der Waals surface area contributed by atoms with Crippen LogP contribution in [0, 0.1) is 20.8 Å². The number of aliphatic hydroxyl groups is 1. The van der Waals surface area contributed by atoms with E-state index in [-0.39, 0.29) is 16.5 Å². The Balaban J connectivity index is 1.60. The van der Waals surface area contributed by atoms with Crippen LogP contribution in [0.4, 0.5) is 5.13 Å². The normalized spacial score (nSPS) is 16.2. The van der Waals surface area contributed by atoms with E-state index in [2.05, 4.69) is 34.5 Å². The first kappa shape index (κ1) is 29.3. The summed E-state index contributed by atoms with van der Waals surface area (Å²) in [4.78, 5) is 28.6. The summed E-state index contributed by atoms with van der Waals surface area (Å²) in [7, 11) is 1.52. The molecule has 1 unspecified atom stereocenters. The first-order valence-electron chi connectivity index (χ1n) is 13.4. The van der Waals surface area contributed by atoms with Crippen molar-refractivity contribution >= 4 is 45.7 Å². The minimum absolute atomic E-state index is 0.0241. The number of nitrogens with zero attached hydrogens (tertiary/aromatic N) is 3. The molecule has 1 aliphatic heterocycles. The summed E-state index contributed by atoms with van der Waals surface area (Å²) in [5.41, 5.74) is 5.03. The molecule has 1 aliphatic rings. The summed E-state index contributed by atoms with van der Waals surface area (Å²) in [6.45, 7) is 8.10. The molecule has 1 amide bonds. The lowest BCUT2D eigenvalue weighted by atomic mass is 9.93. The number of aliphatic hydroxyl groups excluding tert-OH is 1. The van der Waals surface area contributed by atoms with E-state index in [4.69, 9.17) is 9.47 Å². The fourth-order valence-electron chi connectivity index (χ4n) is 4.80. The zero-order valence-electron chi connectivity index (χ0n) is 24.0. The van der Waals surface area contributed by atoms with Crippen molar-refractivity contribution in [2.24, 2.45) is 0 Å². The Morgan fingerprint density at radius 1 is 0.976 bits per heavy atom. The van der Waals surface area contributed by atoms with Gasteiger partial charge in [0.15, 0.2) is 15.8 Å². The Hall–Kier alpha value is -4.15. The van der Waals surface area contributed by atoms with Gasteiger partial charge in [-0.25, -0.2) is 0 Å². The largest absolute Gasteiger partial charge is 0.507 e. The minimum atomic E-state index is -0.961. The third-order valence-electron chi connectivity index (χ3n) is 6.98. The lowest BCUT2D eigenvalue weighted by molar-refractivity contribution is -0.132. The molecule has 4 aromatic rings. The van der Waals surface area contributed by atoms with Gasteiger partial charge in [-0.05, 0) is 62.6 Å². The maximum atomic E-state index is 13.6. The van der Waals surface area contributed by atoms with Crippen LogP contribution in [0.5, 0.6) is 11.5 Å². The van der Waals surface area contributed by atoms with Crippen LogP contribution in [0.1, 0.15) is 46.3 Å². The van der Waals surface area contributed by atoms with Gasteiger partial charge in [0.2, 0.25) is 5.13 Å². The highest BCUT2D eigenvalue weighted by atomic mass is 32.2.